The molecule has 4 rings (SSSR count). The van der Waals surface area contributed by atoms with E-state index >= 15 is 0 Å². The fraction of sp³-hybridized carbons (Fsp3) is 0.350. The van der Waals surface area contributed by atoms with Gasteiger partial charge in [0.25, 0.3) is 6.01 Å². The molecule has 0 bridgehead atoms. The van der Waals surface area contributed by atoms with Crippen LogP contribution >= 0.6 is 0 Å². The summed E-state index contributed by atoms with van der Waals surface area (Å²) in [5, 5.41) is 0. The van der Waals surface area contributed by atoms with Gasteiger partial charge in [-0.05, 0) is 36.4 Å². The molecule has 2 aromatic carbocycles. The van der Waals surface area contributed by atoms with Gasteiger partial charge in [0, 0.05) is 32.7 Å². The van der Waals surface area contributed by atoms with Crippen LogP contribution in [0.15, 0.2) is 52.9 Å². The molecule has 6 heteroatoms. The van der Waals surface area contributed by atoms with E-state index < -0.39 is 0 Å². The van der Waals surface area contributed by atoms with E-state index in [0.29, 0.717) is 6.61 Å². The molecule has 0 spiro atoms. The molecule has 6 nitrogen and oxygen atoms in total. The van der Waals surface area contributed by atoms with Crippen LogP contribution in [0.4, 0.5) is 6.01 Å². The van der Waals surface area contributed by atoms with Gasteiger partial charge in [-0.15, -0.1) is 0 Å². The Balaban J connectivity index is 1.24. The SMILES string of the molecule is COc1ccc(OCCN2CCN(c3nc4ccccc4o3)CC2)cc1. The number of methoxy groups -OCH3 is 1. The van der Waals surface area contributed by atoms with Crippen molar-refractivity contribution >= 4 is 17.1 Å². The molecule has 1 saturated heterocycles. The van der Waals surface area contributed by atoms with Gasteiger partial charge in [-0.3, -0.25) is 4.90 Å². The lowest BCUT2D eigenvalue weighted by Crippen LogP contribution is -2.47. The van der Waals surface area contributed by atoms with E-state index in [0.717, 1.165) is 61.3 Å². The van der Waals surface area contributed by atoms with Crippen LogP contribution in [0.5, 0.6) is 11.5 Å². The van der Waals surface area contributed by atoms with Crippen LogP contribution in [0.3, 0.4) is 0 Å². The number of aromatic nitrogens is 1. The number of hydrogen-bond acceptors (Lipinski definition) is 6. The van der Waals surface area contributed by atoms with E-state index in [4.69, 9.17) is 13.9 Å². The Morgan fingerprint density at radius 2 is 1.69 bits per heavy atom. The number of fused-ring (bicyclic) bond motifs is 1. The topological polar surface area (TPSA) is 51.0 Å². The highest BCUT2D eigenvalue weighted by atomic mass is 16.5. The third-order valence-corrected chi connectivity index (χ3v) is 4.66. The van der Waals surface area contributed by atoms with Crippen LogP contribution < -0.4 is 14.4 Å². The number of oxazole rings is 1. The first-order valence-corrected chi connectivity index (χ1v) is 8.91. The Bertz CT molecular complexity index is 806. The number of piperazine rings is 1. The second-order valence-electron chi connectivity index (χ2n) is 6.32. The van der Waals surface area contributed by atoms with Gasteiger partial charge < -0.3 is 18.8 Å². The Labute approximate surface area is 152 Å². The highest BCUT2D eigenvalue weighted by Crippen LogP contribution is 2.22. The van der Waals surface area contributed by atoms with E-state index in [2.05, 4.69) is 14.8 Å². The second kappa shape index (κ2) is 7.66. The number of rotatable bonds is 6. The summed E-state index contributed by atoms with van der Waals surface area (Å²) in [7, 11) is 1.66. The molecule has 0 aliphatic carbocycles. The summed E-state index contributed by atoms with van der Waals surface area (Å²) in [6, 6.07) is 16.3. The predicted molar refractivity (Wildman–Crippen MR) is 101 cm³/mol. The Kier molecular flexibility index (Phi) is 4.93. The van der Waals surface area contributed by atoms with Gasteiger partial charge in [0.2, 0.25) is 0 Å². The number of nitrogens with zero attached hydrogens (tertiary/aromatic N) is 3. The number of para-hydroxylation sites is 2. The zero-order chi connectivity index (χ0) is 17.8. The van der Waals surface area contributed by atoms with Crippen LogP contribution in [0.25, 0.3) is 11.1 Å². The first-order chi connectivity index (χ1) is 12.8. The molecule has 2 heterocycles. The fourth-order valence-electron chi connectivity index (χ4n) is 3.12. The molecule has 0 radical (unpaired) electrons. The summed E-state index contributed by atoms with van der Waals surface area (Å²) in [6.07, 6.45) is 0. The quantitative estimate of drug-likeness (QED) is 0.679. The minimum atomic E-state index is 0.676. The summed E-state index contributed by atoms with van der Waals surface area (Å²) in [5.74, 6) is 1.71. The van der Waals surface area contributed by atoms with Crippen LogP contribution in [0.2, 0.25) is 0 Å². The van der Waals surface area contributed by atoms with Crippen molar-refractivity contribution in [3.63, 3.8) is 0 Å². The van der Waals surface area contributed by atoms with Crippen LogP contribution in [0, 0.1) is 0 Å². The minimum Gasteiger partial charge on any atom is -0.497 e. The molecule has 0 amide bonds. The number of hydrogen-bond donors (Lipinski definition) is 0. The first kappa shape index (κ1) is 16.7. The van der Waals surface area contributed by atoms with Gasteiger partial charge in [0.1, 0.15) is 23.6 Å². The average molecular weight is 353 g/mol. The first-order valence-electron chi connectivity index (χ1n) is 8.91. The third kappa shape index (κ3) is 3.75. The molecule has 136 valence electrons. The third-order valence-electron chi connectivity index (χ3n) is 4.66. The number of ether oxygens (including phenoxy) is 2. The molecular formula is C20H23N3O3. The fourth-order valence-corrected chi connectivity index (χ4v) is 3.12. The highest BCUT2D eigenvalue weighted by molar-refractivity contribution is 5.74. The lowest BCUT2D eigenvalue weighted by Gasteiger charge is -2.33. The molecule has 1 aromatic heterocycles. The van der Waals surface area contributed by atoms with Crippen LogP contribution in [0.1, 0.15) is 0 Å². The molecule has 0 atom stereocenters. The average Bonchev–Trinajstić information content (AvgIpc) is 3.13. The van der Waals surface area contributed by atoms with Gasteiger partial charge in [-0.1, -0.05) is 12.1 Å². The lowest BCUT2D eigenvalue weighted by molar-refractivity contribution is 0.198. The lowest BCUT2D eigenvalue weighted by atomic mass is 10.3. The van der Waals surface area contributed by atoms with Gasteiger partial charge in [-0.25, -0.2) is 0 Å². The second-order valence-corrected chi connectivity index (χ2v) is 6.32. The zero-order valence-electron chi connectivity index (χ0n) is 14.9. The van der Waals surface area contributed by atoms with E-state index in [1.807, 2.05) is 48.5 Å². The Morgan fingerprint density at radius 3 is 2.42 bits per heavy atom. The van der Waals surface area contributed by atoms with Crippen molar-refractivity contribution in [3.8, 4) is 11.5 Å². The maximum absolute atomic E-state index is 5.86. The monoisotopic (exact) mass is 353 g/mol. The molecule has 0 saturated carbocycles. The molecule has 1 fully saturated rings. The standard InChI is InChI=1S/C20H23N3O3/c1-24-16-6-8-17(9-7-16)25-15-14-22-10-12-23(13-11-22)20-21-18-4-2-3-5-19(18)26-20/h2-9H,10-15H2,1H3. The number of anilines is 1. The van der Waals surface area contributed by atoms with E-state index in [1.165, 1.54) is 0 Å². The van der Waals surface area contributed by atoms with Crippen molar-refractivity contribution in [1.82, 2.24) is 9.88 Å². The molecule has 26 heavy (non-hydrogen) atoms. The minimum absolute atomic E-state index is 0.676. The van der Waals surface area contributed by atoms with Crippen molar-refractivity contribution in [2.24, 2.45) is 0 Å². The zero-order valence-corrected chi connectivity index (χ0v) is 14.9. The largest absolute Gasteiger partial charge is 0.497 e. The molecule has 1 aliphatic rings. The van der Waals surface area contributed by atoms with Crippen LogP contribution in [-0.2, 0) is 0 Å². The molecule has 0 N–H and O–H groups in total. The smallest absolute Gasteiger partial charge is 0.298 e. The molecular weight excluding hydrogens is 330 g/mol. The van der Waals surface area contributed by atoms with Crippen molar-refractivity contribution in [1.29, 1.82) is 0 Å². The highest BCUT2D eigenvalue weighted by Gasteiger charge is 2.20. The summed E-state index contributed by atoms with van der Waals surface area (Å²) >= 11 is 0. The van der Waals surface area contributed by atoms with Gasteiger partial charge in [0.15, 0.2) is 5.58 Å². The number of benzene rings is 2. The summed E-state index contributed by atoms with van der Waals surface area (Å²) in [5.41, 5.74) is 1.76. The Hall–Kier alpha value is -2.73. The van der Waals surface area contributed by atoms with Crippen molar-refractivity contribution in [2.45, 2.75) is 0 Å². The van der Waals surface area contributed by atoms with E-state index in [1.54, 1.807) is 7.11 Å². The van der Waals surface area contributed by atoms with Crippen molar-refractivity contribution in [2.75, 3.05) is 51.3 Å². The molecule has 0 unspecified atom stereocenters. The maximum atomic E-state index is 5.86. The van der Waals surface area contributed by atoms with Gasteiger partial charge in [-0.2, -0.15) is 4.98 Å². The summed E-state index contributed by atoms with van der Waals surface area (Å²) in [4.78, 5) is 9.20. The summed E-state index contributed by atoms with van der Waals surface area (Å²) in [6.45, 7) is 5.36. The van der Waals surface area contributed by atoms with Gasteiger partial charge >= 0.3 is 0 Å². The van der Waals surface area contributed by atoms with E-state index in [-0.39, 0.29) is 0 Å². The van der Waals surface area contributed by atoms with Crippen LogP contribution in [-0.4, -0.2) is 56.3 Å². The summed E-state index contributed by atoms with van der Waals surface area (Å²) < 4.78 is 16.8. The van der Waals surface area contributed by atoms with Crippen molar-refractivity contribution < 1.29 is 13.9 Å². The van der Waals surface area contributed by atoms with Gasteiger partial charge in [0.05, 0.1) is 7.11 Å². The normalized spacial score (nSPS) is 15.3. The maximum Gasteiger partial charge on any atom is 0.298 e. The predicted octanol–water partition coefficient (Wildman–Crippen LogP) is 3.04. The Morgan fingerprint density at radius 1 is 0.962 bits per heavy atom. The molecule has 1 aliphatic heterocycles. The van der Waals surface area contributed by atoms with Crippen molar-refractivity contribution in [3.05, 3.63) is 48.5 Å². The molecule has 3 aromatic rings. The van der Waals surface area contributed by atoms with E-state index in [9.17, 15) is 0 Å².